The Balaban J connectivity index is 2.08. The molecule has 1 amide bonds. The van der Waals surface area contributed by atoms with Gasteiger partial charge in [-0.25, -0.2) is 0 Å². The van der Waals surface area contributed by atoms with E-state index in [1.807, 2.05) is 13.8 Å². The van der Waals surface area contributed by atoms with Gasteiger partial charge < -0.3 is 24.1 Å². The van der Waals surface area contributed by atoms with Crippen LogP contribution in [-0.2, 0) is 9.59 Å². The Hall–Kier alpha value is -2.58. The van der Waals surface area contributed by atoms with Gasteiger partial charge >= 0.3 is 0 Å². The summed E-state index contributed by atoms with van der Waals surface area (Å²) in [5.74, 6) is 0.103. The normalized spacial score (nSPS) is 18.3. The molecule has 1 aromatic carbocycles. The second-order valence-electron chi connectivity index (χ2n) is 7.32. The average Bonchev–Trinajstić information content (AvgIpc) is 3.29. The van der Waals surface area contributed by atoms with Gasteiger partial charge in [-0.15, -0.1) is 0 Å². The lowest BCUT2D eigenvalue weighted by Crippen LogP contribution is -2.37. The van der Waals surface area contributed by atoms with Crippen LogP contribution in [0.3, 0.4) is 0 Å². The van der Waals surface area contributed by atoms with E-state index < -0.39 is 17.7 Å². The van der Waals surface area contributed by atoms with Crippen molar-refractivity contribution in [2.24, 2.45) is 0 Å². The number of carbonyl (C=O) groups excluding carboxylic acids is 2. The number of hydrogen-bond acceptors (Lipinski definition) is 6. The van der Waals surface area contributed by atoms with Crippen molar-refractivity contribution in [2.75, 3.05) is 33.3 Å². The molecule has 1 fully saturated rings. The second kappa shape index (κ2) is 9.70. The molecule has 1 unspecified atom stereocenters. The number of benzene rings is 1. The first kappa shape index (κ1) is 23.1. The van der Waals surface area contributed by atoms with Crippen molar-refractivity contribution in [3.05, 3.63) is 57.5 Å². The summed E-state index contributed by atoms with van der Waals surface area (Å²) in [5, 5.41) is 11.1. The van der Waals surface area contributed by atoms with E-state index in [0.29, 0.717) is 40.4 Å². The van der Waals surface area contributed by atoms with Gasteiger partial charge in [-0.1, -0.05) is 13.8 Å². The number of rotatable bonds is 8. The zero-order chi connectivity index (χ0) is 22.7. The van der Waals surface area contributed by atoms with E-state index in [4.69, 9.17) is 9.15 Å². The minimum Gasteiger partial charge on any atom is -0.507 e. The maximum atomic E-state index is 13.0. The smallest absolute Gasteiger partial charge is 0.295 e. The van der Waals surface area contributed by atoms with Crippen molar-refractivity contribution < 1.29 is 23.8 Å². The molecule has 1 atom stereocenters. The highest BCUT2D eigenvalue weighted by molar-refractivity contribution is 9.10. The van der Waals surface area contributed by atoms with Crippen molar-refractivity contribution in [2.45, 2.75) is 26.8 Å². The summed E-state index contributed by atoms with van der Waals surface area (Å²) < 4.78 is 11.7. The molecule has 1 aliphatic heterocycles. The number of likely N-dealkylation sites (N-methyl/N-ethyl adjacent to an activating group) is 1. The first-order chi connectivity index (χ1) is 14.8. The van der Waals surface area contributed by atoms with Crippen LogP contribution in [-0.4, -0.2) is 59.9 Å². The highest BCUT2D eigenvalue weighted by atomic mass is 79.9. The minimum atomic E-state index is -0.787. The van der Waals surface area contributed by atoms with E-state index in [1.165, 1.54) is 4.90 Å². The Morgan fingerprint density at radius 2 is 1.94 bits per heavy atom. The minimum absolute atomic E-state index is 0.0240. The van der Waals surface area contributed by atoms with Gasteiger partial charge in [-0.3, -0.25) is 9.59 Å². The lowest BCUT2D eigenvalue weighted by Gasteiger charge is -2.26. The average molecular weight is 491 g/mol. The number of hydrogen-bond donors (Lipinski definition) is 1. The number of halogens is 1. The Morgan fingerprint density at radius 3 is 2.48 bits per heavy atom. The monoisotopic (exact) mass is 490 g/mol. The first-order valence-corrected chi connectivity index (χ1v) is 11.0. The predicted molar refractivity (Wildman–Crippen MR) is 121 cm³/mol. The van der Waals surface area contributed by atoms with Crippen LogP contribution in [0, 0.1) is 6.92 Å². The van der Waals surface area contributed by atoms with Crippen LogP contribution in [0.4, 0.5) is 0 Å². The summed E-state index contributed by atoms with van der Waals surface area (Å²) in [6.45, 7) is 8.53. The van der Waals surface area contributed by atoms with E-state index in [9.17, 15) is 14.7 Å². The van der Waals surface area contributed by atoms with E-state index >= 15 is 0 Å². The highest BCUT2D eigenvalue weighted by Crippen LogP contribution is 2.40. The third-order valence-electron chi connectivity index (χ3n) is 5.55. The number of furan rings is 1. The van der Waals surface area contributed by atoms with Gasteiger partial charge in [0.1, 0.15) is 29.1 Å². The summed E-state index contributed by atoms with van der Waals surface area (Å²) in [5.41, 5.74) is 0.429. The number of nitrogens with zero attached hydrogens (tertiary/aromatic N) is 2. The van der Waals surface area contributed by atoms with Gasteiger partial charge in [0.2, 0.25) is 0 Å². The van der Waals surface area contributed by atoms with Gasteiger partial charge in [0, 0.05) is 18.7 Å². The lowest BCUT2D eigenvalue weighted by atomic mass is 9.99. The van der Waals surface area contributed by atoms with Crippen molar-refractivity contribution in [1.82, 2.24) is 9.80 Å². The molecule has 3 rings (SSSR count). The van der Waals surface area contributed by atoms with Crippen LogP contribution >= 0.6 is 15.9 Å². The van der Waals surface area contributed by atoms with E-state index in [-0.39, 0.29) is 11.3 Å². The topological polar surface area (TPSA) is 83.2 Å². The highest BCUT2D eigenvalue weighted by Gasteiger charge is 2.47. The number of methoxy groups -OCH3 is 1. The number of likely N-dealkylation sites (tertiary alicyclic amines) is 1. The predicted octanol–water partition coefficient (Wildman–Crippen LogP) is 4.12. The molecule has 0 aliphatic carbocycles. The standard InChI is InChI=1S/C23H27BrN2O5/c1-5-25(6-2)11-12-26-20(18-9-7-14(3)31-18)19(22(28)23(26)29)21(27)15-8-10-17(30-4)16(24)13-15/h7-10,13,20,27H,5-6,11-12H2,1-4H3/b21-19-. The molecule has 0 radical (unpaired) electrons. The Bertz CT molecular complexity index is 1010. The number of ether oxygens (including phenoxy) is 1. The molecule has 1 aliphatic rings. The quantitative estimate of drug-likeness (QED) is 0.340. The van der Waals surface area contributed by atoms with E-state index in [0.717, 1.165) is 13.1 Å². The van der Waals surface area contributed by atoms with Crippen LogP contribution < -0.4 is 4.74 Å². The third kappa shape index (κ3) is 4.55. The molecular weight excluding hydrogens is 464 g/mol. The lowest BCUT2D eigenvalue weighted by molar-refractivity contribution is -0.140. The summed E-state index contributed by atoms with van der Waals surface area (Å²) in [7, 11) is 1.54. The maximum Gasteiger partial charge on any atom is 0.295 e. The zero-order valence-corrected chi connectivity index (χ0v) is 19.7. The fourth-order valence-corrected chi connectivity index (χ4v) is 4.31. The van der Waals surface area contributed by atoms with Gasteiger partial charge in [-0.2, -0.15) is 0 Å². The molecule has 0 saturated carbocycles. The molecule has 2 aromatic rings. The van der Waals surface area contributed by atoms with Gasteiger partial charge in [0.15, 0.2) is 0 Å². The molecule has 166 valence electrons. The molecule has 2 heterocycles. The SMILES string of the molecule is CCN(CC)CCN1C(=O)C(=O)/C(=C(\O)c2ccc(OC)c(Br)c2)C1c1ccc(C)o1. The number of amides is 1. The summed E-state index contributed by atoms with van der Waals surface area (Å²) >= 11 is 3.40. The number of carbonyl (C=O) groups is 2. The summed E-state index contributed by atoms with van der Waals surface area (Å²) in [4.78, 5) is 29.6. The third-order valence-corrected chi connectivity index (χ3v) is 6.17. The summed E-state index contributed by atoms with van der Waals surface area (Å²) in [6, 6.07) is 7.72. The molecule has 0 spiro atoms. The molecule has 8 heteroatoms. The number of aryl methyl sites for hydroxylation is 1. The molecule has 0 bridgehead atoms. The number of ketones is 1. The maximum absolute atomic E-state index is 13.0. The molecule has 1 saturated heterocycles. The van der Waals surface area contributed by atoms with Crippen LogP contribution in [0.25, 0.3) is 5.76 Å². The Morgan fingerprint density at radius 1 is 1.23 bits per heavy atom. The van der Waals surface area contributed by atoms with Crippen LogP contribution in [0.5, 0.6) is 5.75 Å². The fourth-order valence-electron chi connectivity index (χ4n) is 3.76. The van der Waals surface area contributed by atoms with Crippen molar-refractivity contribution in [3.63, 3.8) is 0 Å². The number of aliphatic hydroxyl groups excluding tert-OH is 1. The van der Waals surface area contributed by atoms with Crippen molar-refractivity contribution >= 4 is 33.4 Å². The zero-order valence-electron chi connectivity index (χ0n) is 18.1. The molecule has 1 N–H and O–H groups in total. The van der Waals surface area contributed by atoms with Crippen LogP contribution in [0.2, 0.25) is 0 Å². The van der Waals surface area contributed by atoms with Crippen LogP contribution in [0.15, 0.2) is 44.8 Å². The fraction of sp³-hybridized carbons (Fsp3) is 0.391. The van der Waals surface area contributed by atoms with Gasteiger partial charge in [0.05, 0.1) is 17.2 Å². The summed E-state index contributed by atoms with van der Waals surface area (Å²) in [6.07, 6.45) is 0. The first-order valence-electron chi connectivity index (χ1n) is 10.2. The Labute approximate surface area is 190 Å². The molecule has 7 nitrogen and oxygen atoms in total. The van der Waals surface area contributed by atoms with E-state index in [2.05, 4.69) is 20.8 Å². The van der Waals surface area contributed by atoms with Crippen LogP contribution in [0.1, 0.15) is 37.0 Å². The molecule has 1 aromatic heterocycles. The molecule has 31 heavy (non-hydrogen) atoms. The van der Waals surface area contributed by atoms with E-state index in [1.54, 1.807) is 44.4 Å². The van der Waals surface area contributed by atoms with Gasteiger partial charge in [0.25, 0.3) is 11.7 Å². The number of aliphatic hydroxyl groups is 1. The largest absolute Gasteiger partial charge is 0.507 e. The van der Waals surface area contributed by atoms with Gasteiger partial charge in [-0.05, 0) is 66.3 Å². The number of Topliss-reactive ketones (excluding diaryl/α,β-unsaturated/α-hetero) is 1. The molecular formula is C23H27BrN2O5. The Kier molecular flexibility index (Phi) is 7.23. The second-order valence-corrected chi connectivity index (χ2v) is 8.17. The van der Waals surface area contributed by atoms with Crippen molar-refractivity contribution in [3.8, 4) is 5.75 Å². The van der Waals surface area contributed by atoms with Crippen molar-refractivity contribution in [1.29, 1.82) is 0 Å².